The summed E-state index contributed by atoms with van der Waals surface area (Å²) in [6.07, 6.45) is 8.01. The Kier molecular flexibility index (Phi) is 4.18. The highest BCUT2D eigenvalue weighted by Gasteiger charge is 2.41. The molecule has 2 fully saturated rings. The zero-order chi connectivity index (χ0) is 14.0. The van der Waals surface area contributed by atoms with Gasteiger partial charge >= 0.3 is 0 Å². The molecular formula is C17H22O2S. The van der Waals surface area contributed by atoms with Gasteiger partial charge in [-0.3, -0.25) is 4.79 Å². The van der Waals surface area contributed by atoms with Crippen LogP contribution in [-0.4, -0.2) is 23.2 Å². The first-order valence-electron chi connectivity index (χ1n) is 7.59. The molecule has 0 bridgehead atoms. The molecule has 0 aromatic heterocycles. The SMILES string of the molecule is CC(=O)c1cccc(SCC2CCC3(CCCC3)O2)c1. The second-order valence-electron chi connectivity index (χ2n) is 6.06. The van der Waals surface area contributed by atoms with Crippen LogP contribution in [0.2, 0.25) is 0 Å². The average molecular weight is 290 g/mol. The van der Waals surface area contributed by atoms with Crippen LogP contribution in [-0.2, 0) is 4.74 Å². The van der Waals surface area contributed by atoms with Gasteiger partial charge in [-0.2, -0.15) is 0 Å². The Labute approximate surface area is 125 Å². The summed E-state index contributed by atoms with van der Waals surface area (Å²) < 4.78 is 6.32. The number of carbonyl (C=O) groups excluding carboxylic acids is 1. The highest BCUT2D eigenvalue weighted by Crippen LogP contribution is 2.44. The summed E-state index contributed by atoms with van der Waals surface area (Å²) in [6, 6.07) is 7.92. The van der Waals surface area contributed by atoms with Gasteiger partial charge in [0.05, 0.1) is 11.7 Å². The summed E-state index contributed by atoms with van der Waals surface area (Å²) in [6.45, 7) is 1.62. The van der Waals surface area contributed by atoms with Gasteiger partial charge in [0.25, 0.3) is 0 Å². The van der Waals surface area contributed by atoms with Crippen LogP contribution in [0.5, 0.6) is 0 Å². The predicted octanol–water partition coefficient (Wildman–Crippen LogP) is 4.47. The number of ether oxygens (including phenoxy) is 1. The minimum absolute atomic E-state index is 0.134. The van der Waals surface area contributed by atoms with Gasteiger partial charge in [0.1, 0.15) is 0 Å². The fourth-order valence-corrected chi connectivity index (χ4v) is 4.39. The van der Waals surface area contributed by atoms with Crippen LogP contribution in [0.1, 0.15) is 55.8 Å². The third-order valence-corrected chi connectivity index (χ3v) is 5.66. The fraction of sp³-hybridized carbons (Fsp3) is 0.588. The molecule has 1 saturated heterocycles. The maximum atomic E-state index is 11.4. The van der Waals surface area contributed by atoms with E-state index in [2.05, 4.69) is 6.07 Å². The minimum atomic E-state index is 0.134. The zero-order valence-corrected chi connectivity index (χ0v) is 12.9. The number of hydrogen-bond donors (Lipinski definition) is 0. The van der Waals surface area contributed by atoms with Crippen LogP contribution in [0.15, 0.2) is 29.2 Å². The van der Waals surface area contributed by atoms with Crippen LogP contribution < -0.4 is 0 Å². The molecule has 1 saturated carbocycles. The van der Waals surface area contributed by atoms with Gasteiger partial charge in [-0.15, -0.1) is 11.8 Å². The van der Waals surface area contributed by atoms with E-state index >= 15 is 0 Å². The lowest BCUT2D eigenvalue weighted by molar-refractivity contribution is -0.0267. The molecule has 1 aliphatic carbocycles. The Bertz CT molecular complexity index is 492. The van der Waals surface area contributed by atoms with Crippen molar-refractivity contribution < 1.29 is 9.53 Å². The van der Waals surface area contributed by atoms with Crippen LogP contribution in [0, 0.1) is 0 Å². The number of benzene rings is 1. The second-order valence-corrected chi connectivity index (χ2v) is 7.16. The second kappa shape index (κ2) is 5.90. The van der Waals surface area contributed by atoms with E-state index < -0.39 is 0 Å². The number of thioether (sulfide) groups is 1. The summed E-state index contributed by atoms with van der Waals surface area (Å²) in [5.74, 6) is 1.14. The molecule has 3 heteroatoms. The lowest BCUT2D eigenvalue weighted by Crippen LogP contribution is -2.25. The van der Waals surface area contributed by atoms with Gasteiger partial charge in [0, 0.05) is 16.2 Å². The van der Waals surface area contributed by atoms with Crippen molar-refractivity contribution in [3.8, 4) is 0 Å². The monoisotopic (exact) mass is 290 g/mol. The van der Waals surface area contributed by atoms with Crippen molar-refractivity contribution in [1.82, 2.24) is 0 Å². The van der Waals surface area contributed by atoms with Crippen LogP contribution in [0.25, 0.3) is 0 Å². The molecule has 108 valence electrons. The van der Waals surface area contributed by atoms with Gasteiger partial charge in [0.2, 0.25) is 0 Å². The van der Waals surface area contributed by atoms with Crippen molar-refractivity contribution in [3.63, 3.8) is 0 Å². The molecule has 20 heavy (non-hydrogen) atoms. The summed E-state index contributed by atoms with van der Waals surface area (Å²) >= 11 is 1.81. The maximum absolute atomic E-state index is 11.4. The normalized spacial score (nSPS) is 24.4. The first-order chi connectivity index (χ1) is 9.67. The van der Waals surface area contributed by atoms with Crippen molar-refractivity contribution in [1.29, 1.82) is 0 Å². The standard InChI is InChI=1S/C17H22O2S/c1-13(18)14-5-4-6-16(11-14)20-12-15-7-10-17(19-15)8-2-3-9-17/h4-6,11,15H,2-3,7-10,12H2,1H3. The molecule has 1 aliphatic heterocycles. The summed E-state index contributed by atoms with van der Waals surface area (Å²) in [7, 11) is 0. The molecule has 0 amide bonds. The van der Waals surface area contributed by atoms with E-state index in [0.29, 0.717) is 6.10 Å². The minimum Gasteiger partial charge on any atom is -0.371 e. The molecule has 0 N–H and O–H groups in total. The largest absolute Gasteiger partial charge is 0.371 e. The molecule has 1 aromatic carbocycles. The molecule has 2 aliphatic rings. The molecule has 1 spiro atoms. The fourth-order valence-electron chi connectivity index (χ4n) is 3.39. The first-order valence-corrected chi connectivity index (χ1v) is 8.57. The molecule has 1 heterocycles. The highest BCUT2D eigenvalue weighted by atomic mass is 32.2. The first kappa shape index (κ1) is 14.2. The van der Waals surface area contributed by atoms with Gasteiger partial charge < -0.3 is 4.74 Å². The van der Waals surface area contributed by atoms with E-state index in [1.807, 2.05) is 30.0 Å². The number of ketones is 1. The third-order valence-electron chi connectivity index (χ3n) is 4.53. The molecular weight excluding hydrogens is 268 g/mol. The van der Waals surface area contributed by atoms with Gasteiger partial charge in [-0.25, -0.2) is 0 Å². The van der Waals surface area contributed by atoms with E-state index in [4.69, 9.17) is 4.74 Å². The zero-order valence-electron chi connectivity index (χ0n) is 12.1. The van der Waals surface area contributed by atoms with Crippen molar-refractivity contribution in [2.24, 2.45) is 0 Å². The Morgan fingerprint density at radius 1 is 1.35 bits per heavy atom. The lowest BCUT2D eigenvalue weighted by Gasteiger charge is -2.23. The van der Waals surface area contributed by atoms with Crippen molar-refractivity contribution >= 4 is 17.5 Å². The van der Waals surface area contributed by atoms with E-state index in [1.54, 1.807) is 6.92 Å². The quantitative estimate of drug-likeness (QED) is 0.604. The van der Waals surface area contributed by atoms with E-state index in [9.17, 15) is 4.79 Å². The molecule has 0 radical (unpaired) electrons. The van der Waals surface area contributed by atoms with Crippen LogP contribution in [0.4, 0.5) is 0 Å². The van der Waals surface area contributed by atoms with Crippen molar-refractivity contribution in [2.45, 2.75) is 62.0 Å². The summed E-state index contributed by atoms with van der Waals surface area (Å²) in [5, 5.41) is 0. The van der Waals surface area contributed by atoms with E-state index in [-0.39, 0.29) is 11.4 Å². The Morgan fingerprint density at radius 3 is 2.90 bits per heavy atom. The Morgan fingerprint density at radius 2 is 2.15 bits per heavy atom. The average Bonchev–Trinajstić information content (AvgIpc) is 3.08. The lowest BCUT2D eigenvalue weighted by atomic mass is 9.98. The molecule has 1 atom stereocenters. The highest BCUT2D eigenvalue weighted by molar-refractivity contribution is 7.99. The molecule has 2 nitrogen and oxygen atoms in total. The summed E-state index contributed by atoms with van der Waals surface area (Å²) in [5.41, 5.74) is 1.03. The molecule has 1 unspecified atom stereocenters. The summed E-state index contributed by atoms with van der Waals surface area (Å²) in [4.78, 5) is 12.6. The maximum Gasteiger partial charge on any atom is 0.159 e. The number of hydrogen-bond acceptors (Lipinski definition) is 3. The van der Waals surface area contributed by atoms with E-state index in [1.165, 1.54) is 43.4 Å². The predicted molar refractivity (Wildman–Crippen MR) is 82.5 cm³/mol. The van der Waals surface area contributed by atoms with Crippen LogP contribution in [0.3, 0.4) is 0 Å². The topological polar surface area (TPSA) is 26.3 Å². The number of carbonyl (C=O) groups is 1. The van der Waals surface area contributed by atoms with Crippen LogP contribution >= 0.6 is 11.8 Å². The van der Waals surface area contributed by atoms with Gasteiger partial charge in [0.15, 0.2) is 5.78 Å². The third kappa shape index (κ3) is 3.09. The Balaban J connectivity index is 1.55. The smallest absolute Gasteiger partial charge is 0.159 e. The molecule has 1 aromatic rings. The van der Waals surface area contributed by atoms with Gasteiger partial charge in [-0.1, -0.05) is 25.0 Å². The van der Waals surface area contributed by atoms with E-state index in [0.717, 1.165) is 11.3 Å². The molecule has 3 rings (SSSR count). The van der Waals surface area contributed by atoms with Gasteiger partial charge in [-0.05, 0) is 44.7 Å². The van der Waals surface area contributed by atoms with Crippen molar-refractivity contribution in [2.75, 3.05) is 5.75 Å². The Hall–Kier alpha value is -0.800. The number of rotatable bonds is 4. The van der Waals surface area contributed by atoms with Crippen molar-refractivity contribution in [3.05, 3.63) is 29.8 Å². The number of Topliss-reactive ketones (excluding diaryl/α,β-unsaturated/α-hetero) is 1.